The summed E-state index contributed by atoms with van der Waals surface area (Å²) in [5.41, 5.74) is 4.01. The van der Waals surface area contributed by atoms with Gasteiger partial charge in [0.15, 0.2) is 0 Å². The van der Waals surface area contributed by atoms with Gasteiger partial charge in [0.2, 0.25) is 11.9 Å². The molecule has 6 nitrogen and oxygen atoms in total. The molecule has 0 N–H and O–H groups in total. The van der Waals surface area contributed by atoms with Crippen LogP contribution in [0, 0.1) is 0 Å². The van der Waals surface area contributed by atoms with E-state index < -0.39 is 0 Å². The van der Waals surface area contributed by atoms with Crippen LogP contribution in [-0.2, 0) is 11.3 Å². The van der Waals surface area contributed by atoms with Crippen molar-refractivity contribution in [3.05, 3.63) is 89.7 Å². The monoisotopic (exact) mass is 413 g/mol. The zero-order valence-corrected chi connectivity index (χ0v) is 17.6. The second-order valence-electron chi connectivity index (χ2n) is 8.25. The Balaban J connectivity index is 1.25. The smallest absolute Gasteiger partial charge is 0.236 e. The molecule has 0 bridgehead atoms. The molecule has 1 amide bonds. The maximum atomic E-state index is 13.1. The minimum Gasteiger partial charge on any atom is -0.338 e. The fourth-order valence-electron chi connectivity index (χ4n) is 4.67. The Kier molecular flexibility index (Phi) is 5.63. The first-order valence-electron chi connectivity index (χ1n) is 10.9. The van der Waals surface area contributed by atoms with Gasteiger partial charge in [0, 0.05) is 57.6 Å². The molecule has 2 aromatic carbocycles. The number of anilines is 1. The zero-order valence-electron chi connectivity index (χ0n) is 17.6. The number of aromatic nitrogens is 2. The first-order valence-corrected chi connectivity index (χ1v) is 10.9. The molecule has 1 fully saturated rings. The Bertz CT molecular complexity index is 1020. The van der Waals surface area contributed by atoms with Crippen molar-refractivity contribution in [3.63, 3.8) is 0 Å². The summed E-state index contributed by atoms with van der Waals surface area (Å²) in [5, 5.41) is 0. The molecule has 31 heavy (non-hydrogen) atoms. The second-order valence-corrected chi connectivity index (χ2v) is 8.25. The highest BCUT2D eigenvalue weighted by molar-refractivity contribution is 5.78. The van der Waals surface area contributed by atoms with E-state index in [1.807, 2.05) is 11.0 Å². The van der Waals surface area contributed by atoms with Crippen molar-refractivity contribution in [1.29, 1.82) is 0 Å². The van der Waals surface area contributed by atoms with Gasteiger partial charge < -0.3 is 9.80 Å². The van der Waals surface area contributed by atoms with Gasteiger partial charge in [-0.05, 0) is 22.8 Å². The number of hydrogen-bond donors (Lipinski definition) is 0. The van der Waals surface area contributed by atoms with Crippen LogP contribution in [-0.4, -0.2) is 64.9 Å². The molecule has 1 aromatic heterocycles. The Morgan fingerprint density at radius 2 is 1.58 bits per heavy atom. The third-order valence-corrected chi connectivity index (χ3v) is 6.29. The van der Waals surface area contributed by atoms with Gasteiger partial charge in [0.25, 0.3) is 0 Å². The molecule has 1 unspecified atom stereocenters. The van der Waals surface area contributed by atoms with Gasteiger partial charge in [0.05, 0.1) is 6.54 Å². The molecule has 5 rings (SSSR count). The molecule has 0 saturated carbocycles. The van der Waals surface area contributed by atoms with Crippen molar-refractivity contribution in [2.45, 2.75) is 12.5 Å². The van der Waals surface area contributed by atoms with Crippen LogP contribution in [0.15, 0.2) is 73.1 Å². The van der Waals surface area contributed by atoms with Gasteiger partial charge in [0.1, 0.15) is 0 Å². The van der Waals surface area contributed by atoms with Crippen molar-refractivity contribution >= 4 is 11.9 Å². The minimum absolute atomic E-state index is 0.208. The molecule has 0 aliphatic carbocycles. The number of carbonyl (C=O) groups excluding carboxylic acids is 1. The minimum atomic E-state index is 0.208. The van der Waals surface area contributed by atoms with Crippen molar-refractivity contribution < 1.29 is 4.79 Å². The number of carbonyl (C=O) groups is 1. The van der Waals surface area contributed by atoms with E-state index in [1.54, 1.807) is 12.4 Å². The Labute approximate surface area is 183 Å². The van der Waals surface area contributed by atoms with Gasteiger partial charge in [-0.2, -0.15) is 0 Å². The predicted octanol–water partition coefficient (Wildman–Crippen LogP) is 2.77. The lowest BCUT2D eigenvalue weighted by molar-refractivity contribution is -0.133. The second kappa shape index (κ2) is 8.86. The van der Waals surface area contributed by atoms with Crippen molar-refractivity contribution in [3.8, 4) is 0 Å². The first kappa shape index (κ1) is 19.7. The van der Waals surface area contributed by atoms with Crippen LogP contribution in [0.4, 0.5) is 5.95 Å². The SMILES string of the molecule is O=C(CN1Cc2ccccc2C(c2ccccc2)C1)N1CCN(c2ncccn2)CC1. The highest BCUT2D eigenvalue weighted by Gasteiger charge is 2.29. The molecule has 6 heteroatoms. The Morgan fingerprint density at radius 1 is 0.871 bits per heavy atom. The normalized spacial score (nSPS) is 19.2. The van der Waals surface area contributed by atoms with E-state index in [0.29, 0.717) is 25.6 Å². The highest BCUT2D eigenvalue weighted by Crippen LogP contribution is 2.33. The van der Waals surface area contributed by atoms with E-state index in [0.717, 1.165) is 32.1 Å². The Morgan fingerprint density at radius 3 is 2.35 bits per heavy atom. The zero-order chi connectivity index (χ0) is 21.0. The Hall–Kier alpha value is -3.25. The van der Waals surface area contributed by atoms with Crippen LogP contribution in [0.2, 0.25) is 0 Å². The molecule has 3 heterocycles. The van der Waals surface area contributed by atoms with E-state index in [1.165, 1.54) is 16.7 Å². The van der Waals surface area contributed by atoms with E-state index >= 15 is 0 Å². The van der Waals surface area contributed by atoms with Gasteiger partial charge in [-0.15, -0.1) is 0 Å². The number of rotatable bonds is 4. The van der Waals surface area contributed by atoms with Crippen LogP contribution >= 0.6 is 0 Å². The highest BCUT2D eigenvalue weighted by atomic mass is 16.2. The van der Waals surface area contributed by atoms with Crippen LogP contribution in [0.5, 0.6) is 0 Å². The number of benzene rings is 2. The van der Waals surface area contributed by atoms with Crippen LogP contribution < -0.4 is 4.90 Å². The quantitative estimate of drug-likeness (QED) is 0.658. The standard InChI is InChI=1S/C25H27N5O/c31-24(29-13-15-30(16-14-29)25-26-11-6-12-27-25)19-28-17-21-9-4-5-10-22(21)23(18-28)20-7-2-1-3-8-20/h1-12,23H,13-19H2. The van der Waals surface area contributed by atoms with E-state index in [9.17, 15) is 4.79 Å². The summed E-state index contributed by atoms with van der Waals surface area (Å²) in [6.45, 7) is 5.11. The van der Waals surface area contributed by atoms with Crippen LogP contribution in [0.3, 0.4) is 0 Å². The molecule has 3 aromatic rings. The van der Waals surface area contributed by atoms with Crippen molar-refractivity contribution in [2.24, 2.45) is 0 Å². The average molecular weight is 414 g/mol. The lowest BCUT2D eigenvalue weighted by Gasteiger charge is -2.38. The molecule has 0 spiro atoms. The fourth-order valence-corrected chi connectivity index (χ4v) is 4.67. The van der Waals surface area contributed by atoms with Crippen molar-refractivity contribution in [2.75, 3.05) is 44.2 Å². The molecule has 0 radical (unpaired) electrons. The van der Waals surface area contributed by atoms with Gasteiger partial charge >= 0.3 is 0 Å². The summed E-state index contributed by atoms with van der Waals surface area (Å²) in [4.78, 5) is 28.2. The third kappa shape index (κ3) is 4.30. The molecule has 2 aliphatic heterocycles. The third-order valence-electron chi connectivity index (χ3n) is 6.29. The summed E-state index contributed by atoms with van der Waals surface area (Å²) >= 11 is 0. The maximum absolute atomic E-state index is 13.1. The summed E-state index contributed by atoms with van der Waals surface area (Å²) in [5.74, 6) is 1.25. The number of hydrogen-bond acceptors (Lipinski definition) is 5. The lowest BCUT2D eigenvalue weighted by Crippen LogP contribution is -2.52. The lowest BCUT2D eigenvalue weighted by atomic mass is 9.84. The van der Waals surface area contributed by atoms with Gasteiger partial charge in [-0.3, -0.25) is 9.69 Å². The molecule has 1 saturated heterocycles. The van der Waals surface area contributed by atoms with E-state index in [4.69, 9.17) is 0 Å². The predicted molar refractivity (Wildman–Crippen MR) is 121 cm³/mol. The summed E-state index contributed by atoms with van der Waals surface area (Å²) < 4.78 is 0. The molecular weight excluding hydrogens is 386 g/mol. The van der Waals surface area contributed by atoms with Crippen LogP contribution in [0.25, 0.3) is 0 Å². The number of amides is 1. The van der Waals surface area contributed by atoms with E-state index in [2.05, 4.69) is 74.4 Å². The largest absolute Gasteiger partial charge is 0.338 e. The topological polar surface area (TPSA) is 52.6 Å². The van der Waals surface area contributed by atoms with Crippen molar-refractivity contribution in [1.82, 2.24) is 19.8 Å². The molecule has 158 valence electrons. The van der Waals surface area contributed by atoms with Gasteiger partial charge in [-0.1, -0.05) is 54.6 Å². The molecule has 2 aliphatic rings. The number of fused-ring (bicyclic) bond motifs is 1. The summed E-state index contributed by atoms with van der Waals surface area (Å²) in [6, 6.07) is 21.1. The molecule has 1 atom stereocenters. The number of nitrogens with zero attached hydrogens (tertiary/aromatic N) is 5. The summed E-state index contributed by atoms with van der Waals surface area (Å²) in [7, 11) is 0. The van der Waals surface area contributed by atoms with E-state index in [-0.39, 0.29) is 5.91 Å². The molecular formula is C25H27N5O. The fraction of sp³-hybridized carbons (Fsp3) is 0.320. The maximum Gasteiger partial charge on any atom is 0.236 e. The first-order chi connectivity index (χ1) is 15.3. The average Bonchev–Trinajstić information content (AvgIpc) is 2.85. The summed E-state index contributed by atoms with van der Waals surface area (Å²) in [6.07, 6.45) is 3.52. The number of piperazine rings is 1. The van der Waals surface area contributed by atoms with Crippen LogP contribution in [0.1, 0.15) is 22.6 Å². The van der Waals surface area contributed by atoms with Gasteiger partial charge in [-0.25, -0.2) is 9.97 Å².